The van der Waals surface area contributed by atoms with Crippen LogP contribution < -0.4 is 9.47 Å². The van der Waals surface area contributed by atoms with Crippen molar-refractivity contribution in [1.82, 2.24) is 0 Å². The molecule has 1 atom stereocenters. The van der Waals surface area contributed by atoms with Gasteiger partial charge >= 0.3 is 5.97 Å². The van der Waals surface area contributed by atoms with Crippen LogP contribution in [-0.2, 0) is 11.2 Å². The maximum Gasteiger partial charge on any atom is 0.303 e. The van der Waals surface area contributed by atoms with Gasteiger partial charge in [0.15, 0.2) is 11.5 Å². The monoisotopic (exact) mass is 336 g/mol. The van der Waals surface area contributed by atoms with Crippen molar-refractivity contribution in [2.75, 3.05) is 20.8 Å². The summed E-state index contributed by atoms with van der Waals surface area (Å²) < 4.78 is 10.6. The summed E-state index contributed by atoms with van der Waals surface area (Å²) in [6, 6.07) is 5.92. The van der Waals surface area contributed by atoms with E-state index in [1.807, 2.05) is 12.1 Å². The molecule has 0 saturated carbocycles. The lowest BCUT2D eigenvalue weighted by Crippen LogP contribution is -2.21. The summed E-state index contributed by atoms with van der Waals surface area (Å²) in [6.07, 6.45) is 1.06. The number of rotatable bonds is 4. The summed E-state index contributed by atoms with van der Waals surface area (Å²) in [4.78, 5) is 13.8. The van der Waals surface area contributed by atoms with Crippen LogP contribution in [0, 0.1) is 11.3 Å². The average molecular weight is 336 g/mol. The zero-order valence-electron chi connectivity index (χ0n) is 13.4. The third-order valence-electron chi connectivity index (χ3n) is 3.23. The number of aliphatic carboxylic acids is 1. The van der Waals surface area contributed by atoms with Crippen LogP contribution >= 0.6 is 12.6 Å². The first-order chi connectivity index (χ1) is 11.0. The molecule has 1 aliphatic rings. The van der Waals surface area contributed by atoms with E-state index in [4.69, 9.17) is 19.8 Å². The Kier molecular flexibility index (Phi) is 7.42. The molecule has 1 aromatic rings. The second kappa shape index (κ2) is 9.06. The smallest absolute Gasteiger partial charge is 0.303 e. The van der Waals surface area contributed by atoms with Gasteiger partial charge in [0.1, 0.15) is 5.25 Å². The molecule has 23 heavy (non-hydrogen) atoms. The minimum absolute atomic E-state index is 0.222. The van der Waals surface area contributed by atoms with E-state index >= 15 is 0 Å². The van der Waals surface area contributed by atoms with E-state index in [1.54, 1.807) is 21.1 Å². The van der Waals surface area contributed by atoms with Crippen molar-refractivity contribution in [3.05, 3.63) is 23.3 Å². The highest BCUT2D eigenvalue weighted by Gasteiger charge is 2.22. The van der Waals surface area contributed by atoms with Gasteiger partial charge in [-0.25, -0.2) is 0 Å². The van der Waals surface area contributed by atoms with E-state index in [9.17, 15) is 4.79 Å². The van der Waals surface area contributed by atoms with Gasteiger partial charge in [-0.15, -0.1) is 0 Å². The molecular formula is C16H20N2O4S. The van der Waals surface area contributed by atoms with E-state index < -0.39 is 11.2 Å². The van der Waals surface area contributed by atoms with Crippen LogP contribution in [0.3, 0.4) is 0 Å². The normalized spacial score (nSPS) is 13.4. The number of methoxy groups -OCH3 is 2. The molecule has 124 valence electrons. The Morgan fingerprint density at radius 3 is 2.48 bits per heavy atom. The molecular weight excluding hydrogens is 316 g/mol. The number of carbonyl (C=O) groups is 1. The number of fused-ring (bicyclic) bond motifs is 1. The summed E-state index contributed by atoms with van der Waals surface area (Å²) in [6.45, 7) is 2.28. The summed E-state index contributed by atoms with van der Waals surface area (Å²) >= 11 is 4.25. The number of nitriles is 1. The molecule has 0 saturated heterocycles. The fourth-order valence-corrected chi connectivity index (χ4v) is 2.26. The minimum Gasteiger partial charge on any atom is -0.493 e. The number of nitrogens with zero attached hydrogens (tertiary/aromatic N) is 2. The fraction of sp³-hybridized carbons (Fsp3) is 0.438. The highest BCUT2D eigenvalue weighted by molar-refractivity contribution is 7.82. The van der Waals surface area contributed by atoms with Gasteiger partial charge < -0.3 is 14.6 Å². The van der Waals surface area contributed by atoms with E-state index in [0.717, 1.165) is 17.5 Å². The van der Waals surface area contributed by atoms with Gasteiger partial charge in [-0.2, -0.15) is 17.9 Å². The number of aliphatic imine (C=N–C) groups is 1. The number of hydrogen-bond acceptors (Lipinski definition) is 6. The van der Waals surface area contributed by atoms with Gasteiger partial charge in [0.2, 0.25) is 0 Å². The number of carboxylic acids is 1. The lowest BCUT2D eigenvalue weighted by Gasteiger charge is -2.20. The van der Waals surface area contributed by atoms with Gasteiger partial charge in [0, 0.05) is 18.5 Å². The van der Waals surface area contributed by atoms with Crippen molar-refractivity contribution in [2.45, 2.75) is 25.0 Å². The highest BCUT2D eigenvalue weighted by atomic mass is 32.1. The van der Waals surface area contributed by atoms with Crippen LogP contribution in [0.2, 0.25) is 0 Å². The largest absolute Gasteiger partial charge is 0.493 e. The molecule has 0 fully saturated rings. The van der Waals surface area contributed by atoms with E-state index in [2.05, 4.69) is 23.7 Å². The molecule has 0 radical (unpaired) electrons. The van der Waals surface area contributed by atoms with Crippen LogP contribution in [-0.4, -0.2) is 42.8 Å². The molecule has 0 aromatic heterocycles. The highest BCUT2D eigenvalue weighted by Crippen LogP contribution is 2.33. The molecule has 1 aromatic carbocycles. The summed E-state index contributed by atoms with van der Waals surface area (Å²) in [5.41, 5.74) is 2.76. The second-order valence-electron chi connectivity index (χ2n) is 4.66. The van der Waals surface area contributed by atoms with Crippen LogP contribution in [0.1, 0.15) is 24.5 Å². The Morgan fingerprint density at radius 2 is 2.00 bits per heavy atom. The zero-order chi connectivity index (χ0) is 17.4. The van der Waals surface area contributed by atoms with Crippen molar-refractivity contribution in [1.29, 1.82) is 5.26 Å². The average Bonchev–Trinajstić information content (AvgIpc) is 2.59. The Labute approximate surface area is 141 Å². The van der Waals surface area contributed by atoms with Crippen LogP contribution in [0.5, 0.6) is 11.5 Å². The first-order valence-corrected chi connectivity index (χ1v) is 7.59. The SMILES string of the molecule is CCC(=O)O.COc1cc2c(cc1OC)C(C(S)C#N)=NCC2. The molecule has 7 heteroatoms. The molecule has 6 nitrogen and oxygen atoms in total. The number of ether oxygens (including phenoxy) is 2. The van der Waals surface area contributed by atoms with Gasteiger partial charge in [-0.05, 0) is 24.1 Å². The lowest BCUT2D eigenvalue weighted by atomic mass is 9.95. The molecule has 2 rings (SSSR count). The number of thiol groups is 1. The Balaban J connectivity index is 0.000000463. The summed E-state index contributed by atoms with van der Waals surface area (Å²) in [7, 11) is 3.20. The maximum absolute atomic E-state index is 9.37. The maximum atomic E-state index is 9.37. The second-order valence-corrected chi connectivity index (χ2v) is 5.18. The number of benzene rings is 1. The van der Waals surface area contributed by atoms with Crippen LogP contribution in [0.15, 0.2) is 17.1 Å². The molecule has 0 bridgehead atoms. The third kappa shape index (κ3) is 4.89. The topological polar surface area (TPSA) is 91.9 Å². The number of carboxylic acid groups (broad SMARTS) is 1. The summed E-state index contributed by atoms with van der Waals surface area (Å²) in [5.74, 6) is 0.597. The first kappa shape index (κ1) is 18.8. The van der Waals surface area contributed by atoms with E-state index in [1.165, 1.54) is 0 Å². The molecule has 1 heterocycles. The van der Waals surface area contributed by atoms with Crippen molar-refractivity contribution >= 4 is 24.3 Å². The Bertz CT molecular complexity index is 638. The zero-order valence-corrected chi connectivity index (χ0v) is 14.3. The molecule has 1 aliphatic heterocycles. The summed E-state index contributed by atoms with van der Waals surface area (Å²) in [5, 5.41) is 16.2. The predicted octanol–water partition coefficient (Wildman–Crippen LogP) is 2.35. The fourth-order valence-electron chi connectivity index (χ4n) is 2.04. The molecule has 0 aliphatic carbocycles. The third-order valence-corrected chi connectivity index (χ3v) is 3.59. The van der Waals surface area contributed by atoms with Crippen molar-refractivity contribution in [3.8, 4) is 17.6 Å². The predicted molar refractivity (Wildman–Crippen MR) is 91.0 cm³/mol. The van der Waals surface area contributed by atoms with E-state index in [0.29, 0.717) is 23.8 Å². The van der Waals surface area contributed by atoms with Gasteiger partial charge in [-0.1, -0.05) is 6.92 Å². The molecule has 1 unspecified atom stereocenters. The standard InChI is InChI=1S/C13H14N2O2S.C3H6O2/c1-16-10-5-8-3-4-15-13(12(18)7-14)9(8)6-11(10)17-2;1-2-3(4)5/h5-6,12,18H,3-4H2,1-2H3;2H2,1H3,(H,4,5). The van der Waals surface area contributed by atoms with Crippen LogP contribution in [0.4, 0.5) is 0 Å². The molecule has 0 amide bonds. The quantitative estimate of drug-likeness (QED) is 0.824. The van der Waals surface area contributed by atoms with Gasteiger partial charge in [0.25, 0.3) is 0 Å². The van der Waals surface area contributed by atoms with Crippen LogP contribution in [0.25, 0.3) is 0 Å². The van der Waals surface area contributed by atoms with Crippen molar-refractivity contribution in [2.24, 2.45) is 4.99 Å². The minimum atomic E-state index is -0.745. The van der Waals surface area contributed by atoms with Gasteiger partial charge in [-0.3, -0.25) is 9.79 Å². The van der Waals surface area contributed by atoms with Crippen molar-refractivity contribution < 1.29 is 19.4 Å². The van der Waals surface area contributed by atoms with E-state index in [-0.39, 0.29) is 6.42 Å². The Hall–Kier alpha value is -2.20. The van der Waals surface area contributed by atoms with Crippen molar-refractivity contribution in [3.63, 3.8) is 0 Å². The molecule has 0 spiro atoms. The molecule has 1 N–H and O–H groups in total. The van der Waals surface area contributed by atoms with Gasteiger partial charge in [0.05, 0.1) is 26.0 Å². The number of hydrogen-bond donors (Lipinski definition) is 2. The first-order valence-electron chi connectivity index (χ1n) is 7.07. The lowest BCUT2D eigenvalue weighted by molar-refractivity contribution is -0.136. The Morgan fingerprint density at radius 1 is 1.43 bits per heavy atom.